The Balaban J connectivity index is 1.49. The quantitative estimate of drug-likeness (QED) is 0.381. The van der Waals surface area contributed by atoms with Crippen LogP contribution >= 0.6 is 0 Å². The lowest BCUT2D eigenvalue weighted by atomic mass is 10.1. The molecule has 1 aliphatic heterocycles. The van der Waals surface area contributed by atoms with Crippen molar-refractivity contribution in [2.75, 3.05) is 29.8 Å². The number of benzene rings is 3. The average molecular weight is 531 g/mol. The molecule has 0 amide bonds. The molecule has 0 saturated carbocycles. The minimum atomic E-state index is -4.87. The van der Waals surface area contributed by atoms with E-state index in [1.165, 1.54) is 6.07 Å². The second kappa shape index (κ2) is 9.43. The summed E-state index contributed by atoms with van der Waals surface area (Å²) in [5, 5.41) is 0. The number of nitrogens with zero attached hydrogens (tertiary/aromatic N) is 3. The molecule has 8 nitrogen and oxygen atoms in total. The first-order chi connectivity index (χ1) is 17.6. The number of sulfonamides is 1. The Hall–Kier alpha value is -4.06. The van der Waals surface area contributed by atoms with Crippen LogP contribution in [-0.4, -0.2) is 38.6 Å². The van der Waals surface area contributed by atoms with Gasteiger partial charge in [-0.25, -0.2) is 18.4 Å². The number of para-hydroxylation sites is 2. The van der Waals surface area contributed by atoms with E-state index in [1.807, 2.05) is 25.2 Å². The molecule has 0 saturated heterocycles. The summed E-state index contributed by atoms with van der Waals surface area (Å²) < 4.78 is 80.3. The fourth-order valence-corrected chi connectivity index (χ4v) is 5.14. The van der Waals surface area contributed by atoms with Gasteiger partial charge in [0.15, 0.2) is 0 Å². The number of ether oxygens (including phenoxy) is 2. The predicted octanol–water partition coefficient (Wildman–Crippen LogP) is 4.86. The van der Waals surface area contributed by atoms with Crippen molar-refractivity contribution in [1.29, 1.82) is 0 Å². The molecule has 12 heteroatoms. The van der Waals surface area contributed by atoms with Crippen LogP contribution in [0.1, 0.15) is 11.1 Å². The zero-order valence-corrected chi connectivity index (χ0v) is 20.3. The maximum atomic E-state index is 13.5. The smallest absolute Gasteiger partial charge is 0.417 e. The van der Waals surface area contributed by atoms with Crippen molar-refractivity contribution in [3.8, 4) is 11.6 Å². The highest BCUT2D eigenvalue weighted by Gasteiger charge is 2.37. The van der Waals surface area contributed by atoms with Gasteiger partial charge in [-0.05, 0) is 42.0 Å². The van der Waals surface area contributed by atoms with Gasteiger partial charge >= 0.3 is 6.18 Å². The number of hydrogen-bond acceptors (Lipinski definition) is 7. The summed E-state index contributed by atoms with van der Waals surface area (Å²) in [6, 6.07) is 16.1. The molecule has 0 fully saturated rings. The zero-order valence-electron chi connectivity index (χ0n) is 19.5. The highest BCUT2D eigenvalue weighted by molar-refractivity contribution is 7.92. The monoisotopic (exact) mass is 530 g/mol. The number of rotatable bonds is 6. The summed E-state index contributed by atoms with van der Waals surface area (Å²) in [5.74, 6) is 0.177. The maximum absolute atomic E-state index is 13.5. The van der Waals surface area contributed by atoms with Crippen molar-refractivity contribution >= 4 is 32.6 Å². The fourth-order valence-electron chi connectivity index (χ4n) is 3.91. The van der Waals surface area contributed by atoms with Gasteiger partial charge in [-0.1, -0.05) is 30.3 Å². The van der Waals surface area contributed by atoms with E-state index in [4.69, 9.17) is 9.47 Å². The minimum Gasteiger partial charge on any atom is -0.490 e. The lowest BCUT2D eigenvalue weighted by Gasteiger charge is -2.28. The number of nitrogens with one attached hydrogen (secondary N) is 1. The van der Waals surface area contributed by atoms with E-state index in [9.17, 15) is 21.6 Å². The Morgan fingerprint density at radius 3 is 2.49 bits per heavy atom. The van der Waals surface area contributed by atoms with E-state index < -0.39 is 26.7 Å². The first-order valence-corrected chi connectivity index (χ1v) is 12.7. The van der Waals surface area contributed by atoms with E-state index in [0.29, 0.717) is 29.5 Å². The van der Waals surface area contributed by atoms with Crippen molar-refractivity contribution in [3.63, 3.8) is 0 Å². The van der Waals surface area contributed by atoms with Gasteiger partial charge in [-0.3, -0.25) is 4.72 Å². The van der Waals surface area contributed by atoms with Crippen LogP contribution in [0, 0.1) is 0 Å². The van der Waals surface area contributed by atoms with Gasteiger partial charge in [-0.15, -0.1) is 0 Å². The summed E-state index contributed by atoms with van der Waals surface area (Å²) in [6.07, 6.45) is -4.87. The van der Waals surface area contributed by atoms with Crippen LogP contribution in [0.5, 0.6) is 11.6 Å². The molecule has 0 radical (unpaired) electrons. The van der Waals surface area contributed by atoms with Crippen molar-refractivity contribution < 1.29 is 31.1 Å². The molecular weight excluding hydrogens is 509 g/mol. The molecule has 1 aliphatic rings. The Labute approximate surface area is 210 Å². The molecule has 0 bridgehead atoms. The Morgan fingerprint density at radius 2 is 1.73 bits per heavy atom. The van der Waals surface area contributed by atoms with E-state index in [0.717, 1.165) is 29.9 Å². The second-order valence-corrected chi connectivity index (χ2v) is 9.98. The second-order valence-electron chi connectivity index (χ2n) is 8.33. The van der Waals surface area contributed by atoms with Crippen LogP contribution < -0.4 is 19.1 Å². The third kappa shape index (κ3) is 5.10. The van der Waals surface area contributed by atoms with E-state index in [1.54, 1.807) is 24.3 Å². The normalized spacial score (nSPS) is 13.7. The van der Waals surface area contributed by atoms with Crippen LogP contribution in [0.15, 0.2) is 71.6 Å². The number of hydrogen-bond donors (Lipinski definition) is 1. The van der Waals surface area contributed by atoms with Crippen LogP contribution in [-0.2, 0) is 22.8 Å². The topological polar surface area (TPSA) is 93.7 Å². The van der Waals surface area contributed by atoms with Gasteiger partial charge < -0.3 is 14.4 Å². The van der Waals surface area contributed by atoms with Gasteiger partial charge in [0.05, 0.1) is 33.7 Å². The summed E-state index contributed by atoms with van der Waals surface area (Å²) in [4.78, 5) is 9.77. The molecule has 0 spiro atoms. The van der Waals surface area contributed by atoms with Crippen molar-refractivity contribution in [2.45, 2.75) is 17.7 Å². The zero-order chi connectivity index (χ0) is 26.2. The van der Waals surface area contributed by atoms with Crippen LogP contribution in [0.2, 0.25) is 0 Å². The Morgan fingerprint density at radius 1 is 1.03 bits per heavy atom. The van der Waals surface area contributed by atoms with E-state index in [2.05, 4.69) is 19.6 Å². The van der Waals surface area contributed by atoms with Crippen molar-refractivity contribution in [2.24, 2.45) is 0 Å². The van der Waals surface area contributed by atoms with Crippen LogP contribution in [0.4, 0.5) is 24.7 Å². The Kier molecular flexibility index (Phi) is 6.28. The first-order valence-electron chi connectivity index (χ1n) is 11.2. The van der Waals surface area contributed by atoms with Gasteiger partial charge in [-0.2, -0.15) is 13.2 Å². The lowest BCUT2D eigenvalue weighted by Crippen LogP contribution is -2.28. The van der Waals surface area contributed by atoms with Crippen molar-refractivity contribution in [3.05, 3.63) is 77.9 Å². The SMILES string of the molecule is CN1CCOc2cc(COc3nc4ccccc4nc3NS(=O)(=O)c3ccccc3C(F)(F)F)ccc21. The van der Waals surface area contributed by atoms with Crippen molar-refractivity contribution in [1.82, 2.24) is 9.97 Å². The molecule has 1 aromatic heterocycles. The molecule has 3 aromatic carbocycles. The standard InChI is InChI=1S/C25H21F3N4O4S/c1-32-12-13-35-21-14-16(10-11-20(21)32)15-36-24-23(29-18-7-3-4-8-19(18)30-24)31-37(33,34)22-9-5-2-6-17(22)25(26,27)28/h2-11,14H,12-13,15H2,1H3,(H,29,31). The predicted molar refractivity (Wildman–Crippen MR) is 131 cm³/mol. The number of fused-ring (bicyclic) bond motifs is 2. The third-order valence-corrected chi connectivity index (χ3v) is 7.14. The van der Waals surface area contributed by atoms with Gasteiger partial charge in [0.2, 0.25) is 5.82 Å². The highest BCUT2D eigenvalue weighted by atomic mass is 32.2. The van der Waals surface area contributed by atoms with E-state index >= 15 is 0 Å². The lowest BCUT2D eigenvalue weighted by molar-refractivity contribution is -0.139. The Bertz CT molecular complexity index is 1580. The highest BCUT2D eigenvalue weighted by Crippen LogP contribution is 2.36. The molecule has 0 atom stereocenters. The van der Waals surface area contributed by atoms with Gasteiger partial charge in [0.1, 0.15) is 19.0 Å². The molecule has 0 unspecified atom stereocenters. The summed E-state index contributed by atoms with van der Waals surface area (Å²) in [7, 11) is -2.74. The number of halogens is 3. The summed E-state index contributed by atoms with van der Waals surface area (Å²) >= 11 is 0. The molecule has 37 heavy (non-hydrogen) atoms. The largest absolute Gasteiger partial charge is 0.490 e. The molecule has 192 valence electrons. The number of likely N-dealkylation sites (N-methyl/N-ethyl adjacent to an activating group) is 1. The van der Waals surface area contributed by atoms with Crippen LogP contribution in [0.25, 0.3) is 11.0 Å². The molecule has 4 aromatic rings. The molecule has 1 N–H and O–H groups in total. The summed E-state index contributed by atoms with van der Waals surface area (Å²) in [6.45, 7) is 1.28. The van der Waals surface area contributed by atoms with Crippen LogP contribution in [0.3, 0.4) is 0 Å². The minimum absolute atomic E-state index is 0.0127. The molecule has 5 rings (SSSR count). The number of aromatic nitrogens is 2. The number of anilines is 2. The number of alkyl halides is 3. The molecular formula is C25H21F3N4O4S. The average Bonchev–Trinajstić information content (AvgIpc) is 2.87. The summed E-state index contributed by atoms with van der Waals surface area (Å²) in [5.41, 5.74) is 1.11. The first kappa shape index (κ1) is 24.6. The van der Waals surface area contributed by atoms with E-state index in [-0.39, 0.29) is 18.3 Å². The third-order valence-electron chi connectivity index (χ3n) is 5.75. The maximum Gasteiger partial charge on any atom is 0.417 e. The van der Waals surface area contributed by atoms with Gasteiger partial charge in [0, 0.05) is 7.05 Å². The fraction of sp³-hybridized carbons (Fsp3) is 0.200. The molecule has 2 heterocycles. The van der Waals surface area contributed by atoms with Gasteiger partial charge in [0.25, 0.3) is 15.9 Å². The molecule has 0 aliphatic carbocycles.